The molecule has 182 valence electrons. The van der Waals surface area contributed by atoms with Gasteiger partial charge < -0.3 is 35.0 Å². The van der Waals surface area contributed by atoms with Gasteiger partial charge in [-0.25, -0.2) is 4.79 Å². The van der Waals surface area contributed by atoms with Crippen molar-refractivity contribution in [2.75, 3.05) is 73.0 Å². The zero-order valence-corrected chi connectivity index (χ0v) is 19.2. The number of benzene rings is 2. The lowest BCUT2D eigenvalue weighted by Crippen LogP contribution is -2.40. The molecule has 0 saturated carbocycles. The molecule has 3 N–H and O–H groups in total. The lowest BCUT2D eigenvalue weighted by atomic mass is 10.2. The molecule has 3 aromatic rings. The Morgan fingerprint density at radius 3 is 1.66 bits per heavy atom. The minimum Gasteiger partial charge on any atom is -0.508 e. The Morgan fingerprint density at radius 1 is 0.714 bits per heavy atom. The van der Waals surface area contributed by atoms with Gasteiger partial charge in [-0.1, -0.05) is 0 Å². The second kappa shape index (κ2) is 10.5. The van der Waals surface area contributed by atoms with Gasteiger partial charge in [-0.3, -0.25) is 0 Å². The van der Waals surface area contributed by atoms with Crippen molar-refractivity contribution in [2.24, 2.45) is 0 Å². The van der Waals surface area contributed by atoms with Crippen LogP contribution in [0.5, 0.6) is 5.75 Å². The predicted molar refractivity (Wildman–Crippen MR) is 132 cm³/mol. The molecule has 0 unspecified atom stereocenters. The Morgan fingerprint density at radius 2 is 1.17 bits per heavy atom. The molecule has 11 heteroatoms. The van der Waals surface area contributed by atoms with E-state index in [-0.39, 0.29) is 11.8 Å². The van der Waals surface area contributed by atoms with E-state index in [2.05, 4.69) is 20.4 Å². The van der Waals surface area contributed by atoms with Crippen LogP contribution in [0.2, 0.25) is 0 Å². The third-order valence-electron chi connectivity index (χ3n) is 5.73. The number of anilines is 4. The number of morpholine rings is 2. The molecule has 3 heterocycles. The van der Waals surface area contributed by atoms with Crippen molar-refractivity contribution in [3.05, 3.63) is 48.5 Å². The van der Waals surface area contributed by atoms with E-state index in [9.17, 15) is 9.90 Å². The highest BCUT2D eigenvalue weighted by Gasteiger charge is 2.21. The number of ether oxygens (including phenoxy) is 2. The maximum absolute atomic E-state index is 12.3. The van der Waals surface area contributed by atoms with E-state index in [0.29, 0.717) is 55.5 Å². The summed E-state index contributed by atoms with van der Waals surface area (Å²) >= 11 is 0. The molecule has 5 rings (SSSR count). The van der Waals surface area contributed by atoms with Crippen molar-refractivity contribution in [3.63, 3.8) is 0 Å². The normalized spacial score (nSPS) is 16.1. The van der Waals surface area contributed by atoms with Crippen molar-refractivity contribution >= 4 is 29.3 Å². The zero-order valence-electron chi connectivity index (χ0n) is 19.2. The fourth-order valence-electron chi connectivity index (χ4n) is 3.83. The first-order valence-electron chi connectivity index (χ1n) is 11.5. The van der Waals surface area contributed by atoms with Crippen molar-refractivity contribution < 1.29 is 19.4 Å². The molecule has 1 aromatic heterocycles. The third kappa shape index (κ3) is 5.76. The summed E-state index contributed by atoms with van der Waals surface area (Å²) in [5.74, 6) is 1.98. The molecule has 0 bridgehead atoms. The van der Waals surface area contributed by atoms with E-state index in [1.54, 1.807) is 24.3 Å². The first-order valence-corrected chi connectivity index (χ1v) is 11.5. The second-order valence-electron chi connectivity index (χ2n) is 8.16. The van der Waals surface area contributed by atoms with Crippen molar-refractivity contribution in [1.29, 1.82) is 0 Å². The largest absolute Gasteiger partial charge is 0.508 e. The fraction of sp³-hybridized carbons (Fsp3) is 0.333. The predicted octanol–water partition coefficient (Wildman–Crippen LogP) is 2.56. The van der Waals surface area contributed by atoms with Crippen LogP contribution in [0.15, 0.2) is 48.5 Å². The van der Waals surface area contributed by atoms with E-state index < -0.39 is 0 Å². The summed E-state index contributed by atoms with van der Waals surface area (Å²) in [5.41, 5.74) is 2.02. The van der Waals surface area contributed by atoms with Gasteiger partial charge in [0.15, 0.2) is 5.82 Å². The van der Waals surface area contributed by atoms with Crippen LogP contribution in [0.4, 0.5) is 28.1 Å². The van der Waals surface area contributed by atoms with E-state index in [4.69, 9.17) is 24.4 Å². The number of hydrogen-bond donors (Lipinski definition) is 3. The number of nitrogens with one attached hydrogen (secondary N) is 2. The van der Waals surface area contributed by atoms with Gasteiger partial charge in [-0.05, 0) is 48.5 Å². The molecule has 2 aromatic carbocycles. The molecule has 0 atom stereocenters. The number of phenols is 1. The highest BCUT2D eigenvalue weighted by Crippen LogP contribution is 2.24. The number of urea groups is 1. The van der Waals surface area contributed by atoms with Crippen LogP contribution >= 0.6 is 0 Å². The minimum absolute atomic E-state index is 0.137. The summed E-state index contributed by atoms with van der Waals surface area (Å²) in [4.78, 5) is 30.8. The number of nitrogens with zero attached hydrogens (tertiary/aromatic N) is 5. The first kappa shape index (κ1) is 22.8. The average Bonchev–Trinajstić information content (AvgIpc) is 2.91. The van der Waals surface area contributed by atoms with Gasteiger partial charge in [0, 0.05) is 43.1 Å². The van der Waals surface area contributed by atoms with E-state index >= 15 is 0 Å². The number of amides is 2. The van der Waals surface area contributed by atoms with E-state index in [1.165, 1.54) is 12.1 Å². The number of carbonyl (C=O) groups excluding carboxylic acids is 1. The Hall–Kier alpha value is -3.96. The second-order valence-corrected chi connectivity index (χ2v) is 8.16. The molecule has 2 fully saturated rings. The molecular weight excluding hydrogens is 450 g/mol. The Kier molecular flexibility index (Phi) is 6.87. The van der Waals surface area contributed by atoms with Gasteiger partial charge in [0.05, 0.1) is 26.4 Å². The van der Waals surface area contributed by atoms with Crippen molar-refractivity contribution in [1.82, 2.24) is 15.0 Å². The minimum atomic E-state index is -0.382. The molecule has 0 radical (unpaired) electrons. The van der Waals surface area contributed by atoms with Crippen LogP contribution in [0.3, 0.4) is 0 Å². The number of aromatic hydroxyl groups is 1. The van der Waals surface area contributed by atoms with Crippen LogP contribution in [0, 0.1) is 0 Å². The lowest BCUT2D eigenvalue weighted by molar-refractivity contribution is 0.121. The molecule has 35 heavy (non-hydrogen) atoms. The molecule has 2 aliphatic heterocycles. The quantitative estimate of drug-likeness (QED) is 0.476. The monoisotopic (exact) mass is 477 g/mol. The highest BCUT2D eigenvalue weighted by atomic mass is 16.5. The van der Waals surface area contributed by atoms with Crippen LogP contribution in [0.1, 0.15) is 0 Å². The molecule has 0 aliphatic carbocycles. The summed E-state index contributed by atoms with van der Waals surface area (Å²) in [7, 11) is 0. The molecule has 11 nitrogen and oxygen atoms in total. The molecular formula is C24H27N7O4. The summed E-state index contributed by atoms with van der Waals surface area (Å²) in [6.45, 7) is 5.47. The summed E-state index contributed by atoms with van der Waals surface area (Å²) in [5, 5.41) is 14.9. The van der Waals surface area contributed by atoms with Crippen LogP contribution in [-0.2, 0) is 9.47 Å². The van der Waals surface area contributed by atoms with Crippen molar-refractivity contribution in [2.45, 2.75) is 0 Å². The zero-order chi connectivity index (χ0) is 24.0. The lowest BCUT2D eigenvalue weighted by Gasteiger charge is -2.30. The Balaban J connectivity index is 1.34. The third-order valence-corrected chi connectivity index (χ3v) is 5.73. The van der Waals surface area contributed by atoms with Crippen LogP contribution in [-0.4, -0.2) is 78.7 Å². The maximum Gasteiger partial charge on any atom is 0.323 e. The van der Waals surface area contributed by atoms with Gasteiger partial charge >= 0.3 is 6.03 Å². The van der Waals surface area contributed by atoms with Gasteiger partial charge in [0.1, 0.15) is 5.75 Å². The fourth-order valence-corrected chi connectivity index (χ4v) is 3.83. The van der Waals surface area contributed by atoms with E-state index in [0.717, 1.165) is 31.7 Å². The Bertz CT molecular complexity index is 1110. The van der Waals surface area contributed by atoms with Crippen LogP contribution in [0.25, 0.3) is 11.4 Å². The molecule has 2 saturated heterocycles. The van der Waals surface area contributed by atoms with Gasteiger partial charge in [-0.2, -0.15) is 15.0 Å². The number of phenolic OH excluding ortho intramolecular Hbond substituents is 1. The van der Waals surface area contributed by atoms with Crippen molar-refractivity contribution in [3.8, 4) is 17.1 Å². The Labute approximate surface area is 202 Å². The van der Waals surface area contributed by atoms with Gasteiger partial charge in [0.25, 0.3) is 0 Å². The molecule has 2 aliphatic rings. The SMILES string of the molecule is O=C(Nc1ccc(O)cc1)Nc1ccc(-c2nc(N3CCOCC3)nc(N3CCOCC3)n2)cc1. The average molecular weight is 478 g/mol. The number of rotatable bonds is 5. The summed E-state index contributed by atoms with van der Waals surface area (Å²) in [6, 6.07) is 13.2. The topological polar surface area (TPSA) is 125 Å². The van der Waals surface area contributed by atoms with Gasteiger partial charge in [-0.15, -0.1) is 0 Å². The molecule has 0 spiro atoms. The summed E-state index contributed by atoms with van der Waals surface area (Å²) in [6.07, 6.45) is 0. The standard InChI is InChI=1S/C24H27N7O4/c32-20-7-5-19(6-8-20)26-24(33)25-18-3-1-17(2-4-18)21-27-22(30-9-13-34-14-10-30)29-23(28-21)31-11-15-35-16-12-31/h1-8,32H,9-16H2,(H2,25,26,33). The number of hydrogen-bond acceptors (Lipinski definition) is 9. The highest BCUT2D eigenvalue weighted by molar-refractivity contribution is 5.99. The van der Waals surface area contributed by atoms with E-state index in [1.807, 2.05) is 12.1 Å². The molecule has 2 amide bonds. The van der Waals surface area contributed by atoms with Gasteiger partial charge in [0.2, 0.25) is 11.9 Å². The smallest absolute Gasteiger partial charge is 0.323 e. The van der Waals surface area contributed by atoms with Crippen LogP contribution < -0.4 is 20.4 Å². The maximum atomic E-state index is 12.3. The number of carbonyl (C=O) groups is 1. The summed E-state index contributed by atoms with van der Waals surface area (Å²) < 4.78 is 11.0. The number of aromatic nitrogens is 3. The first-order chi connectivity index (χ1) is 17.1.